The first kappa shape index (κ1) is 15.2. The van der Waals surface area contributed by atoms with Crippen molar-refractivity contribution in [3.8, 4) is 0 Å². The third kappa shape index (κ3) is 3.29. The first-order valence-corrected chi connectivity index (χ1v) is 6.41. The predicted octanol–water partition coefficient (Wildman–Crippen LogP) is 3.24. The molecule has 0 aliphatic carbocycles. The summed E-state index contributed by atoms with van der Waals surface area (Å²) >= 11 is 0. The van der Waals surface area contributed by atoms with Gasteiger partial charge >= 0.3 is 0 Å². The van der Waals surface area contributed by atoms with E-state index in [0.29, 0.717) is 16.9 Å². The fourth-order valence-corrected chi connectivity index (χ4v) is 1.94. The molecule has 114 valence electrons. The molecule has 0 aliphatic heterocycles. The molecular weight excluding hydrogens is 288 g/mol. The van der Waals surface area contributed by atoms with Gasteiger partial charge in [0.15, 0.2) is 5.03 Å². The van der Waals surface area contributed by atoms with Crippen LogP contribution in [0.3, 0.4) is 0 Å². The van der Waals surface area contributed by atoms with Crippen molar-refractivity contribution >= 4 is 17.1 Å². The number of hydrogen-bond donors (Lipinski definition) is 1. The second-order valence-electron chi connectivity index (χ2n) is 4.76. The van der Waals surface area contributed by atoms with E-state index in [1.807, 2.05) is 6.92 Å². The maximum Gasteiger partial charge on any atom is 0.272 e. The van der Waals surface area contributed by atoms with E-state index >= 15 is 0 Å². The van der Waals surface area contributed by atoms with Crippen LogP contribution in [-0.4, -0.2) is 9.96 Å². The zero-order valence-electron chi connectivity index (χ0n) is 12.0. The lowest BCUT2D eigenvalue weighted by atomic mass is 10.2. The Morgan fingerprint density at radius 3 is 2.14 bits per heavy atom. The van der Waals surface area contributed by atoms with Crippen LogP contribution in [0.4, 0.5) is 17.1 Å². The first-order valence-electron chi connectivity index (χ1n) is 6.41. The van der Waals surface area contributed by atoms with Crippen molar-refractivity contribution in [3.63, 3.8) is 0 Å². The second kappa shape index (κ2) is 6.08. The number of nitrogens with one attached hydrogen (secondary N) is 1. The monoisotopic (exact) mass is 302 g/mol. The molecule has 1 N–H and O–H groups in total. The molecule has 0 aliphatic rings. The summed E-state index contributed by atoms with van der Waals surface area (Å²) in [5, 5.41) is 22.2. The number of nitrogens with zero attached hydrogens (tertiary/aromatic N) is 3. The van der Waals surface area contributed by atoms with E-state index in [1.54, 1.807) is 31.2 Å². The van der Waals surface area contributed by atoms with Crippen molar-refractivity contribution in [1.29, 1.82) is 0 Å². The van der Waals surface area contributed by atoms with Crippen molar-refractivity contribution in [2.45, 2.75) is 13.8 Å². The normalized spacial score (nSPS) is 10.1. The Bertz CT molecular complexity index is 715. The number of nitro benzene ring substituents is 1. The van der Waals surface area contributed by atoms with Crippen LogP contribution in [0.2, 0.25) is 0 Å². The molecule has 0 saturated carbocycles. The van der Waals surface area contributed by atoms with Gasteiger partial charge in [-0.05, 0) is 38.1 Å². The fraction of sp³-hybridized carbons (Fsp3) is 0.143. The minimum Gasteiger partial charge on any atom is -0.258 e. The molecule has 0 unspecified atom stereocenters. The SMILES string of the molecule is Cc1ccc(N(Nc2ccc([N+](=O)[O-])c(C)c2)[N+](=O)[O-])cc1. The average Bonchev–Trinajstić information content (AvgIpc) is 2.45. The number of hydrogen-bond acceptors (Lipinski definition) is 5. The van der Waals surface area contributed by atoms with E-state index in [0.717, 1.165) is 10.7 Å². The molecule has 0 radical (unpaired) electrons. The van der Waals surface area contributed by atoms with Gasteiger partial charge in [0.25, 0.3) is 5.69 Å². The number of anilines is 2. The summed E-state index contributed by atoms with van der Waals surface area (Å²) in [4.78, 5) is 21.5. The standard InChI is InChI=1S/C14H14N4O4/c1-10-3-6-13(7-4-10)16(18(21)22)15-12-5-8-14(17(19)20)11(2)9-12/h3-9,15H,1-2H3. The Hall–Kier alpha value is -3.16. The fourth-order valence-electron chi connectivity index (χ4n) is 1.94. The molecule has 2 rings (SSSR count). The van der Waals surface area contributed by atoms with Gasteiger partial charge in [0.1, 0.15) is 5.69 Å². The van der Waals surface area contributed by atoms with E-state index < -0.39 is 9.96 Å². The third-order valence-electron chi connectivity index (χ3n) is 3.07. The van der Waals surface area contributed by atoms with Crippen molar-refractivity contribution in [3.05, 3.63) is 73.8 Å². The van der Waals surface area contributed by atoms with E-state index in [9.17, 15) is 20.2 Å². The molecule has 0 heterocycles. The summed E-state index contributed by atoms with van der Waals surface area (Å²) < 4.78 is 0. The molecule has 2 aromatic rings. The van der Waals surface area contributed by atoms with Gasteiger partial charge in [-0.1, -0.05) is 17.7 Å². The highest BCUT2D eigenvalue weighted by Gasteiger charge is 2.18. The Kier molecular flexibility index (Phi) is 4.21. The summed E-state index contributed by atoms with van der Waals surface area (Å²) in [6.07, 6.45) is 0. The van der Waals surface area contributed by atoms with E-state index in [4.69, 9.17) is 0 Å². The second-order valence-corrected chi connectivity index (χ2v) is 4.76. The van der Waals surface area contributed by atoms with Crippen molar-refractivity contribution in [1.82, 2.24) is 0 Å². The molecule has 0 amide bonds. The number of rotatable bonds is 5. The maximum atomic E-state index is 11.2. The van der Waals surface area contributed by atoms with Gasteiger partial charge in [-0.2, -0.15) is 0 Å². The topological polar surface area (TPSA) is 102 Å². The Labute approximate surface area is 126 Å². The van der Waals surface area contributed by atoms with E-state index in [1.165, 1.54) is 18.2 Å². The van der Waals surface area contributed by atoms with Crippen LogP contribution >= 0.6 is 0 Å². The van der Waals surface area contributed by atoms with Crippen molar-refractivity contribution < 1.29 is 9.96 Å². The van der Waals surface area contributed by atoms with Crippen LogP contribution in [0.1, 0.15) is 11.1 Å². The van der Waals surface area contributed by atoms with Gasteiger partial charge in [0, 0.05) is 16.7 Å². The summed E-state index contributed by atoms with van der Waals surface area (Å²) in [5.74, 6) is 0. The van der Waals surface area contributed by atoms with Crippen molar-refractivity contribution in [2.24, 2.45) is 0 Å². The Morgan fingerprint density at radius 2 is 1.64 bits per heavy atom. The minimum absolute atomic E-state index is 0.0338. The molecule has 0 atom stereocenters. The first-order chi connectivity index (χ1) is 10.4. The van der Waals surface area contributed by atoms with Gasteiger partial charge in [0.2, 0.25) is 0 Å². The molecule has 0 spiro atoms. The summed E-state index contributed by atoms with van der Waals surface area (Å²) in [5.41, 5.74) is 4.74. The van der Waals surface area contributed by atoms with Crippen LogP contribution in [0.5, 0.6) is 0 Å². The van der Waals surface area contributed by atoms with Gasteiger partial charge in [0.05, 0.1) is 10.6 Å². The predicted molar refractivity (Wildman–Crippen MR) is 82.1 cm³/mol. The number of nitro groups is 2. The highest BCUT2D eigenvalue weighted by atomic mass is 16.7. The largest absolute Gasteiger partial charge is 0.272 e. The van der Waals surface area contributed by atoms with Gasteiger partial charge in [-0.15, -0.1) is 0 Å². The molecule has 22 heavy (non-hydrogen) atoms. The average molecular weight is 302 g/mol. The van der Waals surface area contributed by atoms with E-state index in [2.05, 4.69) is 5.43 Å². The van der Waals surface area contributed by atoms with E-state index in [-0.39, 0.29) is 5.69 Å². The Morgan fingerprint density at radius 1 is 1.00 bits per heavy atom. The van der Waals surface area contributed by atoms with Crippen molar-refractivity contribution in [2.75, 3.05) is 10.5 Å². The smallest absolute Gasteiger partial charge is 0.258 e. The molecular formula is C14H14N4O4. The lowest BCUT2D eigenvalue weighted by Crippen LogP contribution is -2.35. The molecule has 0 bridgehead atoms. The molecule has 2 aromatic carbocycles. The molecule has 8 heteroatoms. The molecule has 0 aromatic heterocycles. The quantitative estimate of drug-likeness (QED) is 0.672. The minimum atomic E-state index is -0.596. The molecule has 0 fully saturated rings. The van der Waals surface area contributed by atoms with Crippen LogP contribution in [0, 0.1) is 34.1 Å². The van der Waals surface area contributed by atoms with Gasteiger partial charge in [-0.25, -0.2) is 15.5 Å². The highest BCUT2D eigenvalue weighted by molar-refractivity contribution is 5.57. The number of aryl methyl sites for hydroxylation is 2. The lowest BCUT2D eigenvalue weighted by molar-refractivity contribution is -0.490. The molecule has 8 nitrogen and oxygen atoms in total. The summed E-state index contributed by atoms with van der Waals surface area (Å²) in [7, 11) is 0. The van der Waals surface area contributed by atoms with Crippen LogP contribution < -0.4 is 10.5 Å². The Balaban J connectivity index is 2.29. The maximum absolute atomic E-state index is 11.2. The zero-order valence-corrected chi connectivity index (χ0v) is 12.0. The highest BCUT2D eigenvalue weighted by Crippen LogP contribution is 2.23. The van der Waals surface area contributed by atoms with Gasteiger partial charge < -0.3 is 0 Å². The molecule has 0 saturated heterocycles. The third-order valence-corrected chi connectivity index (χ3v) is 3.07. The number of hydrazine groups is 2. The van der Waals surface area contributed by atoms with Gasteiger partial charge in [-0.3, -0.25) is 10.1 Å². The lowest BCUT2D eigenvalue weighted by Gasteiger charge is -2.16. The van der Waals surface area contributed by atoms with Crippen LogP contribution in [0.25, 0.3) is 0 Å². The van der Waals surface area contributed by atoms with Crippen LogP contribution in [-0.2, 0) is 0 Å². The zero-order chi connectivity index (χ0) is 16.3. The number of benzene rings is 2. The summed E-state index contributed by atoms with van der Waals surface area (Å²) in [6, 6.07) is 11.0. The summed E-state index contributed by atoms with van der Waals surface area (Å²) in [6.45, 7) is 3.46. The van der Waals surface area contributed by atoms with Crippen LogP contribution in [0.15, 0.2) is 42.5 Å².